The van der Waals surface area contributed by atoms with E-state index in [2.05, 4.69) is 0 Å². The first-order valence-corrected chi connectivity index (χ1v) is 9.75. The van der Waals surface area contributed by atoms with Crippen LogP contribution in [0.4, 0.5) is 0 Å². The van der Waals surface area contributed by atoms with Crippen molar-refractivity contribution in [3.63, 3.8) is 0 Å². The molecule has 1 aliphatic heterocycles. The number of hydrogen-bond donors (Lipinski definition) is 1. The van der Waals surface area contributed by atoms with Crippen molar-refractivity contribution in [2.24, 2.45) is 11.7 Å². The highest BCUT2D eigenvalue weighted by molar-refractivity contribution is 7.89. The second-order valence-corrected chi connectivity index (χ2v) is 8.64. The van der Waals surface area contributed by atoms with Crippen molar-refractivity contribution in [1.29, 1.82) is 0 Å². The van der Waals surface area contributed by atoms with E-state index in [0.717, 1.165) is 24.1 Å². The van der Waals surface area contributed by atoms with Crippen LogP contribution >= 0.6 is 11.3 Å². The van der Waals surface area contributed by atoms with Gasteiger partial charge in [-0.1, -0.05) is 12.8 Å². The van der Waals surface area contributed by atoms with Crippen LogP contribution in [0.3, 0.4) is 0 Å². The Kier molecular flexibility index (Phi) is 4.17. The highest BCUT2D eigenvalue weighted by Crippen LogP contribution is 2.38. The average Bonchev–Trinajstić information content (AvgIpc) is 2.96. The van der Waals surface area contributed by atoms with Gasteiger partial charge in [0.05, 0.1) is 4.90 Å². The Morgan fingerprint density at radius 2 is 2.00 bits per heavy atom. The van der Waals surface area contributed by atoms with Gasteiger partial charge in [-0.25, -0.2) is 8.42 Å². The van der Waals surface area contributed by atoms with Gasteiger partial charge in [-0.3, -0.25) is 0 Å². The molecule has 1 aromatic rings. The van der Waals surface area contributed by atoms with E-state index in [1.807, 2.05) is 5.38 Å². The van der Waals surface area contributed by atoms with Crippen LogP contribution < -0.4 is 5.73 Å². The third-order valence-electron chi connectivity index (χ3n) is 4.67. The molecule has 2 fully saturated rings. The molecule has 2 N–H and O–H groups in total. The summed E-state index contributed by atoms with van der Waals surface area (Å²) in [7, 11) is -3.37. The van der Waals surface area contributed by atoms with Crippen molar-refractivity contribution in [3.8, 4) is 0 Å². The van der Waals surface area contributed by atoms with Gasteiger partial charge >= 0.3 is 0 Å². The largest absolute Gasteiger partial charge is 0.326 e. The van der Waals surface area contributed by atoms with E-state index >= 15 is 0 Å². The number of fused-ring (bicyclic) bond motifs is 1. The fourth-order valence-corrected chi connectivity index (χ4v) is 6.77. The molecule has 1 saturated carbocycles. The van der Waals surface area contributed by atoms with E-state index in [9.17, 15) is 8.42 Å². The summed E-state index contributed by atoms with van der Waals surface area (Å²) in [5.41, 5.74) is 5.68. The zero-order chi connectivity index (χ0) is 14.2. The van der Waals surface area contributed by atoms with E-state index in [0.29, 0.717) is 23.9 Å². The SMILES string of the molecule is NCc1sccc1S(=O)(=O)N1CCCC2CCCCC21. The van der Waals surface area contributed by atoms with Gasteiger partial charge in [0.2, 0.25) is 10.0 Å². The Balaban J connectivity index is 1.93. The van der Waals surface area contributed by atoms with Gasteiger partial charge in [0.1, 0.15) is 0 Å². The van der Waals surface area contributed by atoms with Crippen molar-refractivity contribution in [1.82, 2.24) is 4.31 Å². The lowest BCUT2D eigenvalue weighted by Gasteiger charge is -2.43. The molecule has 1 saturated heterocycles. The highest BCUT2D eigenvalue weighted by atomic mass is 32.2. The van der Waals surface area contributed by atoms with Crippen molar-refractivity contribution in [2.75, 3.05) is 6.54 Å². The zero-order valence-corrected chi connectivity index (χ0v) is 13.3. The van der Waals surface area contributed by atoms with Gasteiger partial charge < -0.3 is 5.73 Å². The summed E-state index contributed by atoms with van der Waals surface area (Å²) in [5.74, 6) is 0.562. The first kappa shape index (κ1) is 14.5. The first-order chi connectivity index (χ1) is 9.64. The number of nitrogens with two attached hydrogens (primary N) is 1. The fraction of sp³-hybridized carbons (Fsp3) is 0.714. The highest BCUT2D eigenvalue weighted by Gasteiger charge is 2.40. The number of hydrogen-bond acceptors (Lipinski definition) is 4. The van der Waals surface area contributed by atoms with Crippen LogP contribution in [0.25, 0.3) is 0 Å². The van der Waals surface area contributed by atoms with Crippen molar-refractivity contribution < 1.29 is 8.42 Å². The smallest absolute Gasteiger partial charge is 0.244 e. The minimum Gasteiger partial charge on any atom is -0.326 e. The summed E-state index contributed by atoms with van der Waals surface area (Å²) in [6.07, 6.45) is 6.78. The molecule has 1 aliphatic carbocycles. The summed E-state index contributed by atoms with van der Waals surface area (Å²) in [6.45, 7) is 0.970. The standard InChI is InChI=1S/C14H22N2O2S2/c15-10-13-14(7-9-19-13)20(17,18)16-8-3-5-11-4-1-2-6-12(11)16/h7,9,11-12H,1-6,8,10,15H2. The van der Waals surface area contributed by atoms with Crippen LogP contribution in [0, 0.1) is 5.92 Å². The minimum absolute atomic E-state index is 0.216. The lowest BCUT2D eigenvalue weighted by Crippen LogP contribution is -2.49. The molecular weight excluding hydrogens is 292 g/mol. The minimum atomic E-state index is -3.37. The molecule has 3 rings (SSSR count). The predicted molar refractivity (Wildman–Crippen MR) is 81.1 cm³/mol. The van der Waals surface area contributed by atoms with E-state index in [4.69, 9.17) is 5.73 Å². The second-order valence-electron chi connectivity index (χ2n) is 5.78. The van der Waals surface area contributed by atoms with Crippen LogP contribution in [0.5, 0.6) is 0 Å². The normalized spacial score (nSPS) is 28.2. The maximum absolute atomic E-state index is 13.0. The number of rotatable bonds is 3. The van der Waals surface area contributed by atoms with Gasteiger partial charge in [0, 0.05) is 24.0 Å². The maximum atomic E-state index is 13.0. The number of thiophene rings is 1. The second kappa shape index (κ2) is 5.75. The number of nitrogens with zero attached hydrogens (tertiary/aromatic N) is 1. The number of piperidine rings is 1. The Hall–Kier alpha value is -0.430. The molecule has 0 spiro atoms. The molecule has 20 heavy (non-hydrogen) atoms. The Labute approximate surface area is 125 Å². The molecule has 112 valence electrons. The van der Waals surface area contributed by atoms with Gasteiger partial charge in [0.25, 0.3) is 0 Å². The molecule has 2 heterocycles. The molecule has 4 nitrogen and oxygen atoms in total. The van der Waals surface area contributed by atoms with Gasteiger partial charge in [-0.05, 0) is 43.0 Å². The van der Waals surface area contributed by atoms with Gasteiger partial charge in [-0.2, -0.15) is 4.31 Å². The molecule has 6 heteroatoms. The molecule has 0 aromatic carbocycles. The van der Waals surface area contributed by atoms with Crippen LogP contribution in [0.15, 0.2) is 16.3 Å². The molecule has 0 bridgehead atoms. The Morgan fingerprint density at radius 3 is 2.80 bits per heavy atom. The molecule has 1 aromatic heterocycles. The lowest BCUT2D eigenvalue weighted by atomic mass is 9.79. The predicted octanol–water partition coefficient (Wildman–Crippen LogP) is 2.55. The van der Waals surface area contributed by atoms with Gasteiger partial charge in [0.15, 0.2) is 0 Å². The summed E-state index contributed by atoms with van der Waals surface area (Å²) in [4.78, 5) is 1.22. The molecule has 2 atom stereocenters. The van der Waals surface area contributed by atoms with Crippen LogP contribution in [0.1, 0.15) is 43.4 Å². The third kappa shape index (κ3) is 2.43. The number of sulfonamides is 1. The van der Waals surface area contributed by atoms with Crippen LogP contribution in [-0.4, -0.2) is 25.3 Å². The van der Waals surface area contributed by atoms with Crippen LogP contribution in [0.2, 0.25) is 0 Å². The monoisotopic (exact) mass is 314 g/mol. The average molecular weight is 314 g/mol. The first-order valence-electron chi connectivity index (χ1n) is 7.43. The van der Waals surface area contributed by atoms with Crippen molar-refractivity contribution in [3.05, 3.63) is 16.3 Å². The lowest BCUT2D eigenvalue weighted by molar-refractivity contribution is 0.129. The van der Waals surface area contributed by atoms with E-state index in [1.165, 1.54) is 30.6 Å². The van der Waals surface area contributed by atoms with Crippen molar-refractivity contribution in [2.45, 2.75) is 56.0 Å². The molecule has 2 aliphatic rings. The fourth-order valence-electron chi connectivity index (χ4n) is 3.71. The third-order valence-corrected chi connectivity index (χ3v) is 7.75. The van der Waals surface area contributed by atoms with E-state index in [1.54, 1.807) is 10.4 Å². The summed E-state index contributed by atoms with van der Waals surface area (Å²) >= 11 is 1.44. The molecule has 0 amide bonds. The quantitative estimate of drug-likeness (QED) is 0.932. The van der Waals surface area contributed by atoms with Crippen molar-refractivity contribution >= 4 is 21.4 Å². The molecule has 0 radical (unpaired) electrons. The molecule has 2 unspecified atom stereocenters. The van der Waals surface area contributed by atoms with E-state index in [-0.39, 0.29) is 6.04 Å². The van der Waals surface area contributed by atoms with Crippen LogP contribution in [-0.2, 0) is 16.6 Å². The Bertz CT molecular complexity index is 565. The topological polar surface area (TPSA) is 63.4 Å². The summed E-state index contributed by atoms with van der Waals surface area (Å²) in [6, 6.07) is 1.93. The van der Waals surface area contributed by atoms with E-state index < -0.39 is 10.0 Å². The Morgan fingerprint density at radius 1 is 1.25 bits per heavy atom. The maximum Gasteiger partial charge on any atom is 0.244 e. The zero-order valence-electron chi connectivity index (χ0n) is 11.6. The van der Waals surface area contributed by atoms with Gasteiger partial charge in [-0.15, -0.1) is 11.3 Å². The molecular formula is C14H22N2O2S2. The summed E-state index contributed by atoms with van der Waals surface area (Å²) in [5, 5.41) is 1.83. The summed E-state index contributed by atoms with van der Waals surface area (Å²) < 4.78 is 27.7.